The van der Waals surface area contributed by atoms with Gasteiger partial charge < -0.3 is 14.2 Å². The zero-order valence-corrected chi connectivity index (χ0v) is 52.8. The van der Waals surface area contributed by atoms with Gasteiger partial charge in [-0.2, -0.15) is 0 Å². The molecule has 0 bridgehead atoms. The molecule has 0 aromatic rings. The standard InChI is InChI=1S/C74H128O6/c1-4-7-10-13-16-19-22-25-28-31-34-35-36-37-38-39-41-43-46-49-52-55-58-61-64-67-73(76)79-70-71(69-78-72(75)66-63-60-57-54-51-48-45-42-33-30-27-24-21-18-15-12-9-6-3)80-74(77)68-65-62-59-56-53-50-47-44-40-32-29-26-23-20-17-14-11-8-5-2/h8,11,17,20,22,25-26,29,31,34,40,44,50,53,59,62,71H,4-7,9-10,12-16,18-19,21,23-24,27-28,30,32-33,35-39,41-43,45-49,51-52,54-58,60-61,63-70H2,1-3H3/b11-8-,20-17-,25-22-,29-26-,34-31-,44-40-,53-50-,62-59-. The van der Waals surface area contributed by atoms with Gasteiger partial charge in [0, 0.05) is 19.3 Å². The van der Waals surface area contributed by atoms with Crippen molar-refractivity contribution in [2.45, 2.75) is 341 Å². The number of unbranched alkanes of at least 4 members (excludes halogenated alkanes) is 35. The molecule has 0 aliphatic carbocycles. The molecule has 0 heterocycles. The van der Waals surface area contributed by atoms with Gasteiger partial charge in [0.1, 0.15) is 13.2 Å². The third kappa shape index (κ3) is 65.1. The van der Waals surface area contributed by atoms with Crippen LogP contribution < -0.4 is 0 Å². The Morgan fingerprint density at radius 1 is 0.263 bits per heavy atom. The van der Waals surface area contributed by atoms with Crippen molar-refractivity contribution < 1.29 is 28.6 Å². The van der Waals surface area contributed by atoms with E-state index in [4.69, 9.17) is 14.2 Å². The van der Waals surface area contributed by atoms with Crippen LogP contribution in [-0.4, -0.2) is 37.2 Å². The lowest BCUT2D eigenvalue weighted by molar-refractivity contribution is -0.166. The third-order valence-corrected chi connectivity index (χ3v) is 14.8. The number of rotatable bonds is 62. The summed E-state index contributed by atoms with van der Waals surface area (Å²) in [5.74, 6) is -0.975. The van der Waals surface area contributed by atoms with E-state index in [0.717, 1.165) is 83.5 Å². The van der Waals surface area contributed by atoms with E-state index >= 15 is 0 Å². The number of hydrogen-bond acceptors (Lipinski definition) is 6. The highest BCUT2D eigenvalue weighted by molar-refractivity contribution is 5.71. The van der Waals surface area contributed by atoms with Crippen molar-refractivity contribution in [1.29, 1.82) is 0 Å². The Morgan fingerprint density at radius 2 is 0.512 bits per heavy atom. The minimum atomic E-state index is -0.819. The molecule has 6 nitrogen and oxygen atoms in total. The highest BCUT2D eigenvalue weighted by Gasteiger charge is 2.19. The molecule has 1 unspecified atom stereocenters. The molecule has 1 atom stereocenters. The second-order valence-corrected chi connectivity index (χ2v) is 22.7. The van der Waals surface area contributed by atoms with Crippen LogP contribution in [0.3, 0.4) is 0 Å². The van der Waals surface area contributed by atoms with Gasteiger partial charge in [-0.15, -0.1) is 0 Å². The summed E-state index contributed by atoms with van der Waals surface area (Å²) in [6.45, 7) is 6.50. The predicted molar refractivity (Wildman–Crippen MR) is 348 cm³/mol. The molecule has 0 rings (SSSR count). The fourth-order valence-electron chi connectivity index (χ4n) is 9.74. The Balaban J connectivity index is 4.41. The highest BCUT2D eigenvalue weighted by atomic mass is 16.6. The van der Waals surface area contributed by atoms with E-state index in [2.05, 4.69) is 112 Å². The summed E-state index contributed by atoms with van der Waals surface area (Å²) in [6, 6.07) is 0. The van der Waals surface area contributed by atoms with Crippen LogP contribution in [0, 0.1) is 0 Å². The normalized spacial score (nSPS) is 12.7. The number of carbonyl (C=O) groups is 3. The SMILES string of the molecule is CC/C=C\C/C=C\C/C=C\C/C=C\C/C=C\C/C=C\CCC(=O)OC(COC(=O)CCCCCCCCCCCCCCC/C=C\C/C=C\CCCCCCC)COC(=O)CCCCCCCCCCCCCCCCCCCC. The maximum Gasteiger partial charge on any atom is 0.306 e. The van der Waals surface area contributed by atoms with E-state index in [1.807, 2.05) is 6.08 Å². The zero-order chi connectivity index (χ0) is 57.8. The van der Waals surface area contributed by atoms with Crippen LogP contribution in [0.2, 0.25) is 0 Å². The minimum Gasteiger partial charge on any atom is -0.462 e. The molecule has 0 aliphatic rings. The quantitative estimate of drug-likeness (QED) is 0.0261. The van der Waals surface area contributed by atoms with Crippen molar-refractivity contribution in [3.63, 3.8) is 0 Å². The Kier molecular flexibility index (Phi) is 64.7. The molecule has 0 amide bonds. The van der Waals surface area contributed by atoms with Gasteiger partial charge in [0.25, 0.3) is 0 Å². The first-order valence-electron chi connectivity index (χ1n) is 34.2. The lowest BCUT2D eigenvalue weighted by Gasteiger charge is -2.18. The Hall–Kier alpha value is -3.67. The molecule has 0 saturated heterocycles. The van der Waals surface area contributed by atoms with Crippen LogP contribution >= 0.6 is 0 Å². The van der Waals surface area contributed by atoms with Gasteiger partial charge in [-0.25, -0.2) is 0 Å². The van der Waals surface area contributed by atoms with E-state index in [1.165, 1.54) is 205 Å². The molecule has 0 aromatic heterocycles. The first-order valence-corrected chi connectivity index (χ1v) is 34.2. The fourth-order valence-corrected chi connectivity index (χ4v) is 9.74. The van der Waals surface area contributed by atoms with Crippen LogP contribution in [0.1, 0.15) is 335 Å². The lowest BCUT2D eigenvalue weighted by Crippen LogP contribution is -2.30. The minimum absolute atomic E-state index is 0.105. The molecule has 0 aliphatic heterocycles. The van der Waals surface area contributed by atoms with Gasteiger partial charge in [0.05, 0.1) is 0 Å². The fraction of sp³-hybridized carbons (Fsp3) is 0.743. The van der Waals surface area contributed by atoms with E-state index in [0.29, 0.717) is 19.3 Å². The van der Waals surface area contributed by atoms with Gasteiger partial charge in [-0.1, -0.05) is 323 Å². The number of esters is 3. The van der Waals surface area contributed by atoms with Crippen LogP contribution in [0.4, 0.5) is 0 Å². The molecular formula is C74H128O6. The summed E-state index contributed by atoms with van der Waals surface area (Å²) in [5, 5.41) is 0. The first-order chi connectivity index (χ1) is 39.5. The van der Waals surface area contributed by atoms with Gasteiger partial charge in [0.15, 0.2) is 6.10 Å². The summed E-state index contributed by atoms with van der Waals surface area (Å²) in [4.78, 5) is 38.4. The second-order valence-electron chi connectivity index (χ2n) is 22.7. The van der Waals surface area contributed by atoms with Gasteiger partial charge in [-0.3, -0.25) is 14.4 Å². The Morgan fingerprint density at radius 3 is 0.812 bits per heavy atom. The van der Waals surface area contributed by atoms with Gasteiger partial charge in [0.2, 0.25) is 0 Å². The smallest absolute Gasteiger partial charge is 0.306 e. The summed E-state index contributed by atoms with van der Waals surface area (Å²) in [5.41, 5.74) is 0. The zero-order valence-electron chi connectivity index (χ0n) is 52.8. The third-order valence-electron chi connectivity index (χ3n) is 14.8. The molecule has 0 spiro atoms. The summed E-state index contributed by atoms with van der Waals surface area (Å²) < 4.78 is 16.9. The van der Waals surface area contributed by atoms with Crippen LogP contribution in [0.25, 0.3) is 0 Å². The highest BCUT2D eigenvalue weighted by Crippen LogP contribution is 2.17. The van der Waals surface area contributed by atoms with Crippen molar-refractivity contribution in [3.8, 4) is 0 Å². The van der Waals surface area contributed by atoms with Crippen molar-refractivity contribution in [2.75, 3.05) is 13.2 Å². The average Bonchev–Trinajstić information content (AvgIpc) is 3.46. The predicted octanol–water partition coefficient (Wildman–Crippen LogP) is 23.6. The van der Waals surface area contributed by atoms with Crippen LogP contribution in [0.15, 0.2) is 97.2 Å². The van der Waals surface area contributed by atoms with Crippen molar-refractivity contribution in [3.05, 3.63) is 97.2 Å². The van der Waals surface area contributed by atoms with E-state index < -0.39 is 6.10 Å². The maximum atomic E-state index is 12.9. The second kappa shape index (κ2) is 67.8. The number of hydrogen-bond donors (Lipinski definition) is 0. The van der Waals surface area contributed by atoms with Gasteiger partial charge >= 0.3 is 17.9 Å². The molecule has 80 heavy (non-hydrogen) atoms. The van der Waals surface area contributed by atoms with Crippen LogP contribution in [-0.2, 0) is 28.6 Å². The number of carbonyl (C=O) groups excluding carboxylic acids is 3. The van der Waals surface area contributed by atoms with Crippen molar-refractivity contribution >= 4 is 17.9 Å². The topological polar surface area (TPSA) is 78.9 Å². The summed E-state index contributed by atoms with van der Waals surface area (Å²) in [6.07, 6.45) is 91.5. The molecule has 0 radical (unpaired) electrons. The number of ether oxygens (including phenoxy) is 3. The Labute approximate surface area is 496 Å². The van der Waals surface area contributed by atoms with Crippen molar-refractivity contribution in [1.82, 2.24) is 0 Å². The molecule has 0 saturated carbocycles. The first kappa shape index (κ1) is 76.3. The molecule has 0 fully saturated rings. The monoisotopic (exact) mass is 1110 g/mol. The summed E-state index contributed by atoms with van der Waals surface area (Å²) >= 11 is 0. The van der Waals surface area contributed by atoms with Crippen LogP contribution in [0.5, 0.6) is 0 Å². The van der Waals surface area contributed by atoms with E-state index in [1.54, 1.807) is 0 Å². The Bertz CT molecular complexity index is 1560. The summed E-state index contributed by atoms with van der Waals surface area (Å²) in [7, 11) is 0. The van der Waals surface area contributed by atoms with Crippen molar-refractivity contribution in [2.24, 2.45) is 0 Å². The maximum absolute atomic E-state index is 12.9. The van der Waals surface area contributed by atoms with Gasteiger partial charge in [-0.05, 0) is 89.9 Å². The lowest BCUT2D eigenvalue weighted by atomic mass is 10.0. The molecule has 460 valence electrons. The largest absolute Gasteiger partial charge is 0.462 e. The number of allylic oxidation sites excluding steroid dienone is 16. The average molecular weight is 1110 g/mol. The van der Waals surface area contributed by atoms with E-state index in [-0.39, 0.29) is 37.5 Å². The molecule has 0 aromatic carbocycles. The molecule has 0 N–H and O–H groups in total. The van der Waals surface area contributed by atoms with E-state index in [9.17, 15) is 14.4 Å². The molecular weight excluding hydrogens is 985 g/mol. The molecule has 6 heteroatoms.